The fourth-order valence-corrected chi connectivity index (χ4v) is 2.02. The Kier molecular flexibility index (Phi) is 3.42. The van der Waals surface area contributed by atoms with Crippen molar-refractivity contribution in [3.8, 4) is 5.75 Å². The lowest BCUT2D eigenvalue weighted by molar-refractivity contribution is 0.112. The Balaban J connectivity index is 1.77. The second-order valence-corrected chi connectivity index (χ2v) is 4.47. The third-order valence-corrected chi connectivity index (χ3v) is 3.04. The lowest BCUT2D eigenvalue weighted by Gasteiger charge is -2.07. The van der Waals surface area contributed by atoms with Gasteiger partial charge < -0.3 is 4.74 Å². The van der Waals surface area contributed by atoms with Gasteiger partial charge in [-0.15, -0.1) is 0 Å². The SMILES string of the molecule is O=Cc1cccc(OCc2ccc3ccccc3n2)c1. The molecule has 0 saturated carbocycles. The van der Waals surface area contributed by atoms with Gasteiger partial charge in [0.1, 0.15) is 18.6 Å². The monoisotopic (exact) mass is 263 g/mol. The van der Waals surface area contributed by atoms with E-state index in [1.54, 1.807) is 18.2 Å². The maximum atomic E-state index is 10.7. The summed E-state index contributed by atoms with van der Waals surface area (Å²) in [6.07, 6.45) is 0.807. The first-order valence-electron chi connectivity index (χ1n) is 6.38. The Labute approximate surface area is 116 Å². The number of aromatic nitrogens is 1. The Morgan fingerprint density at radius 1 is 1.00 bits per heavy atom. The maximum absolute atomic E-state index is 10.7. The Morgan fingerprint density at radius 2 is 1.90 bits per heavy atom. The molecule has 0 N–H and O–H groups in total. The molecule has 3 aromatic rings. The quantitative estimate of drug-likeness (QED) is 0.675. The second kappa shape index (κ2) is 5.53. The highest BCUT2D eigenvalue weighted by Gasteiger charge is 2.00. The minimum Gasteiger partial charge on any atom is -0.487 e. The van der Waals surface area contributed by atoms with Crippen LogP contribution in [0.5, 0.6) is 5.75 Å². The van der Waals surface area contributed by atoms with E-state index >= 15 is 0 Å². The van der Waals surface area contributed by atoms with Gasteiger partial charge in [0, 0.05) is 10.9 Å². The number of para-hydroxylation sites is 1. The third kappa shape index (κ3) is 2.67. The predicted octanol–water partition coefficient (Wildman–Crippen LogP) is 3.63. The van der Waals surface area contributed by atoms with Crippen molar-refractivity contribution in [2.45, 2.75) is 6.61 Å². The molecule has 0 aliphatic heterocycles. The Bertz CT molecular complexity index is 753. The summed E-state index contributed by atoms with van der Waals surface area (Å²) < 4.78 is 5.66. The molecule has 1 aromatic heterocycles. The van der Waals surface area contributed by atoms with Crippen LogP contribution in [0.15, 0.2) is 60.7 Å². The van der Waals surface area contributed by atoms with Gasteiger partial charge in [-0.05, 0) is 24.3 Å². The van der Waals surface area contributed by atoms with Crippen molar-refractivity contribution >= 4 is 17.2 Å². The van der Waals surface area contributed by atoms with Gasteiger partial charge in [-0.1, -0.05) is 36.4 Å². The topological polar surface area (TPSA) is 39.2 Å². The summed E-state index contributed by atoms with van der Waals surface area (Å²) in [4.78, 5) is 15.2. The van der Waals surface area contributed by atoms with E-state index in [2.05, 4.69) is 4.98 Å². The van der Waals surface area contributed by atoms with Crippen LogP contribution in [0, 0.1) is 0 Å². The van der Waals surface area contributed by atoms with Gasteiger partial charge >= 0.3 is 0 Å². The Hall–Kier alpha value is -2.68. The number of carbonyl (C=O) groups excluding carboxylic acids is 1. The molecule has 98 valence electrons. The highest BCUT2D eigenvalue weighted by Crippen LogP contribution is 2.16. The second-order valence-electron chi connectivity index (χ2n) is 4.47. The molecule has 0 saturated heterocycles. The van der Waals surface area contributed by atoms with Crippen molar-refractivity contribution in [1.82, 2.24) is 4.98 Å². The molecule has 0 unspecified atom stereocenters. The van der Waals surface area contributed by atoms with E-state index in [0.29, 0.717) is 17.9 Å². The van der Waals surface area contributed by atoms with E-state index < -0.39 is 0 Å². The molecule has 0 atom stereocenters. The predicted molar refractivity (Wildman–Crippen MR) is 77.9 cm³/mol. The minimum atomic E-state index is 0.382. The number of fused-ring (bicyclic) bond motifs is 1. The van der Waals surface area contributed by atoms with Gasteiger partial charge in [0.15, 0.2) is 0 Å². The van der Waals surface area contributed by atoms with E-state index in [9.17, 15) is 4.79 Å². The summed E-state index contributed by atoms with van der Waals surface area (Å²) >= 11 is 0. The summed E-state index contributed by atoms with van der Waals surface area (Å²) in [7, 11) is 0. The maximum Gasteiger partial charge on any atom is 0.150 e. The van der Waals surface area contributed by atoms with Crippen LogP contribution in [0.1, 0.15) is 16.1 Å². The molecule has 0 bridgehead atoms. The van der Waals surface area contributed by atoms with Crippen molar-refractivity contribution in [3.63, 3.8) is 0 Å². The highest BCUT2D eigenvalue weighted by atomic mass is 16.5. The number of ether oxygens (including phenoxy) is 1. The summed E-state index contributed by atoms with van der Waals surface area (Å²) in [5.74, 6) is 0.671. The zero-order valence-electron chi connectivity index (χ0n) is 10.8. The van der Waals surface area contributed by atoms with E-state index in [-0.39, 0.29) is 0 Å². The molecule has 0 aliphatic carbocycles. The molecular formula is C17H13NO2. The smallest absolute Gasteiger partial charge is 0.150 e. The summed E-state index contributed by atoms with van der Waals surface area (Å²) in [5, 5.41) is 1.11. The number of hydrogen-bond acceptors (Lipinski definition) is 3. The molecular weight excluding hydrogens is 250 g/mol. The van der Waals surface area contributed by atoms with Crippen molar-refractivity contribution in [3.05, 3.63) is 71.9 Å². The van der Waals surface area contributed by atoms with Crippen LogP contribution < -0.4 is 4.74 Å². The average molecular weight is 263 g/mol. The van der Waals surface area contributed by atoms with E-state index in [1.807, 2.05) is 42.5 Å². The molecule has 0 aliphatic rings. The zero-order valence-corrected chi connectivity index (χ0v) is 10.8. The van der Waals surface area contributed by atoms with Gasteiger partial charge in [0.2, 0.25) is 0 Å². The summed E-state index contributed by atoms with van der Waals surface area (Å²) in [5.41, 5.74) is 2.42. The van der Waals surface area contributed by atoms with Crippen LogP contribution in [0.25, 0.3) is 10.9 Å². The van der Waals surface area contributed by atoms with Crippen LogP contribution in [-0.4, -0.2) is 11.3 Å². The molecule has 2 aromatic carbocycles. The van der Waals surface area contributed by atoms with Gasteiger partial charge in [-0.2, -0.15) is 0 Å². The Morgan fingerprint density at radius 3 is 2.80 bits per heavy atom. The molecule has 3 nitrogen and oxygen atoms in total. The van der Waals surface area contributed by atoms with E-state index in [4.69, 9.17) is 4.74 Å². The van der Waals surface area contributed by atoms with Crippen LogP contribution in [0.2, 0.25) is 0 Å². The number of nitrogens with zero attached hydrogens (tertiary/aromatic N) is 1. The average Bonchev–Trinajstić information content (AvgIpc) is 2.53. The number of aldehydes is 1. The molecule has 0 fully saturated rings. The summed E-state index contributed by atoms with van der Waals surface area (Å²) in [6.45, 7) is 0.382. The molecule has 3 heteroatoms. The molecule has 20 heavy (non-hydrogen) atoms. The normalized spacial score (nSPS) is 10.4. The first-order valence-corrected chi connectivity index (χ1v) is 6.38. The van der Waals surface area contributed by atoms with Gasteiger partial charge in [-0.3, -0.25) is 4.79 Å². The van der Waals surface area contributed by atoms with E-state index in [1.165, 1.54) is 0 Å². The van der Waals surface area contributed by atoms with Crippen LogP contribution in [-0.2, 0) is 6.61 Å². The fraction of sp³-hybridized carbons (Fsp3) is 0.0588. The molecule has 0 radical (unpaired) electrons. The number of carbonyl (C=O) groups is 1. The van der Waals surface area contributed by atoms with Crippen molar-refractivity contribution in [2.24, 2.45) is 0 Å². The minimum absolute atomic E-state index is 0.382. The van der Waals surface area contributed by atoms with Gasteiger partial charge in [-0.25, -0.2) is 4.98 Å². The largest absolute Gasteiger partial charge is 0.487 e. The molecule has 0 spiro atoms. The van der Waals surface area contributed by atoms with E-state index in [0.717, 1.165) is 22.9 Å². The zero-order chi connectivity index (χ0) is 13.8. The number of hydrogen-bond donors (Lipinski definition) is 0. The fourth-order valence-electron chi connectivity index (χ4n) is 2.02. The van der Waals surface area contributed by atoms with Gasteiger partial charge in [0.25, 0.3) is 0 Å². The first-order chi connectivity index (χ1) is 9.85. The van der Waals surface area contributed by atoms with Crippen molar-refractivity contribution in [2.75, 3.05) is 0 Å². The summed E-state index contributed by atoms with van der Waals surface area (Å²) in [6, 6.07) is 19.0. The van der Waals surface area contributed by atoms with Crippen LogP contribution in [0.4, 0.5) is 0 Å². The lowest BCUT2D eigenvalue weighted by atomic mass is 10.2. The van der Waals surface area contributed by atoms with Gasteiger partial charge in [0.05, 0.1) is 11.2 Å². The number of rotatable bonds is 4. The third-order valence-electron chi connectivity index (χ3n) is 3.04. The van der Waals surface area contributed by atoms with Crippen LogP contribution in [0.3, 0.4) is 0 Å². The highest BCUT2D eigenvalue weighted by molar-refractivity contribution is 5.78. The number of pyridine rings is 1. The lowest BCUT2D eigenvalue weighted by Crippen LogP contribution is -1.98. The molecule has 3 rings (SSSR count). The van der Waals surface area contributed by atoms with Crippen molar-refractivity contribution < 1.29 is 9.53 Å². The van der Waals surface area contributed by atoms with Crippen molar-refractivity contribution in [1.29, 1.82) is 0 Å². The molecule has 1 heterocycles. The standard InChI is InChI=1S/C17H13NO2/c19-11-13-4-3-6-16(10-13)20-12-15-9-8-14-5-1-2-7-17(14)18-15/h1-11H,12H2. The number of benzene rings is 2. The van der Waals surface area contributed by atoms with Crippen LogP contribution >= 0.6 is 0 Å². The molecule has 0 amide bonds. The first kappa shape index (κ1) is 12.4.